The molecule has 8 heteroatoms. The summed E-state index contributed by atoms with van der Waals surface area (Å²) in [6.45, 7) is 7.60. The summed E-state index contributed by atoms with van der Waals surface area (Å²) < 4.78 is 19.2. The first-order valence-corrected chi connectivity index (χ1v) is 10.3. The molecule has 0 saturated carbocycles. The molecule has 0 N–H and O–H groups in total. The molecule has 0 radical (unpaired) electrons. The summed E-state index contributed by atoms with van der Waals surface area (Å²) in [4.78, 5) is 4.85. The Balaban J connectivity index is 2.00. The summed E-state index contributed by atoms with van der Waals surface area (Å²) in [5.74, 6) is 2.78. The van der Waals surface area contributed by atoms with Gasteiger partial charge in [-0.3, -0.25) is 9.56 Å². The molecule has 8 nitrogen and oxygen atoms in total. The van der Waals surface area contributed by atoms with Crippen molar-refractivity contribution < 1.29 is 14.2 Å². The zero-order chi connectivity index (χ0) is 21.8. The van der Waals surface area contributed by atoms with Crippen molar-refractivity contribution in [3.05, 3.63) is 59.2 Å². The Labute approximate surface area is 180 Å². The topological polar surface area (TPSA) is 94.6 Å². The normalized spacial score (nSPS) is 12.1. The predicted octanol–water partition coefficient (Wildman–Crippen LogP) is 3.69. The largest absolute Gasteiger partial charge is 0.494 e. The fourth-order valence-corrected chi connectivity index (χ4v) is 3.62. The van der Waals surface area contributed by atoms with Crippen molar-refractivity contribution in [3.8, 4) is 29.0 Å². The zero-order valence-electron chi connectivity index (χ0n) is 17.8. The van der Waals surface area contributed by atoms with Crippen LogP contribution in [0.4, 0.5) is 0 Å². The highest BCUT2D eigenvalue weighted by Crippen LogP contribution is 2.37. The van der Waals surface area contributed by atoms with Crippen LogP contribution in [0.1, 0.15) is 43.5 Å². The Hall–Kier alpha value is -3.86. The SMILES string of the molecule is CCOc1cccc(C2=NCc3nnc(C#N)n3-c3cc(OCC)cc(OCC)c32)c1. The van der Waals surface area contributed by atoms with Crippen molar-refractivity contribution in [2.45, 2.75) is 27.3 Å². The quantitative estimate of drug-likeness (QED) is 0.582. The number of nitriles is 1. The molecule has 1 aliphatic rings. The number of hydrogen-bond acceptors (Lipinski definition) is 7. The third-order valence-corrected chi connectivity index (χ3v) is 4.77. The molecule has 2 aromatic carbocycles. The number of aliphatic imine (C=N–C) groups is 1. The number of fused-ring (bicyclic) bond motifs is 3. The van der Waals surface area contributed by atoms with E-state index in [2.05, 4.69) is 16.3 Å². The summed E-state index contributed by atoms with van der Waals surface area (Å²) in [5.41, 5.74) is 3.07. The van der Waals surface area contributed by atoms with E-state index in [1.165, 1.54) is 0 Å². The molecule has 31 heavy (non-hydrogen) atoms. The van der Waals surface area contributed by atoms with Gasteiger partial charge in [0.05, 0.1) is 36.8 Å². The van der Waals surface area contributed by atoms with Gasteiger partial charge in [-0.05, 0) is 32.9 Å². The van der Waals surface area contributed by atoms with Crippen LogP contribution in [0.5, 0.6) is 17.2 Å². The van der Waals surface area contributed by atoms with Gasteiger partial charge in [-0.25, -0.2) is 0 Å². The number of ether oxygens (including phenoxy) is 3. The highest BCUT2D eigenvalue weighted by Gasteiger charge is 2.27. The molecule has 0 spiro atoms. The summed E-state index contributed by atoms with van der Waals surface area (Å²) in [5, 5.41) is 17.8. The van der Waals surface area contributed by atoms with E-state index in [1.54, 1.807) is 4.57 Å². The molecule has 0 aliphatic carbocycles. The lowest BCUT2D eigenvalue weighted by Gasteiger charge is -2.19. The molecule has 158 valence electrons. The van der Waals surface area contributed by atoms with E-state index < -0.39 is 0 Å². The lowest BCUT2D eigenvalue weighted by Crippen LogP contribution is -2.12. The Morgan fingerprint density at radius 2 is 1.74 bits per heavy atom. The van der Waals surface area contributed by atoms with Crippen LogP contribution in [-0.2, 0) is 6.54 Å². The smallest absolute Gasteiger partial charge is 0.239 e. The van der Waals surface area contributed by atoms with Gasteiger partial charge < -0.3 is 14.2 Å². The lowest BCUT2D eigenvalue weighted by molar-refractivity contribution is 0.322. The third kappa shape index (κ3) is 3.82. The minimum absolute atomic E-state index is 0.187. The van der Waals surface area contributed by atoms with Crippen molar-refractivity contribution in [2.75, 3.05) is 19.8 Å². The molecule has 0 bridgehead atoms. The van der Waals surface area contributed by atoms with Gasteiger partial charge >= 0.3 is 0 Å². The molecule has 0 saturated heterocycles. The maximum atomic E-state index is 9.63. The van der Waals surface area contributed by atoms with E-state index in [0.717, 1.165) is 22.6 Å². The Kier molecular flexibility index (Phi) is 5.85. The van der Waals surface area contributed by atoms with Crippen LogP contribution in [0.25, 0.3) is 5.69 Å². The lowest BCUT2D eigenvalue weighted by atomic mass is 9.98. The Morgan fingerprint density at radius 1 is 0.968 bits per heavy atom. The minimum Gasteiger partial charge on any atom is -0.494 e. The van der Waals surface area contributed by atoms with Crippen molar-refractivity contribution in [1.82, 2.24) is 14.8 Å². The van der Waals surface area contributed by atoms with E-state index in [1.807, 2.05) is 57.2 Å². The van der Waals surface area contributed by atoms with Crippen LogP contribution in [0.2, 0.25) is 0 Å². The first-order chi connectivity index (χ1) is 15.2. The summed E-state index contributed by atoms with van der Waals surface area (Å²) >= 11 is 0. The molecule has 0 atom stereocenters. The van der Waals surface area contributed by atoms with Crippen LogP contribution in [0, 0.1) is 11.3 Å². The van der Waals surface area contributed by atoms with E-state index >= 15 is 0 Å². The molecule has 4 rings (SSSR count). The van der Waals surface area contributed by atoms with E-state index in [0.29, 0.717) is 42.8 Å². The molecule has 3 aromatic rings. The van der Waals surface area contributed by atoms with E-state index in [4.69, 9.17) is 19.2 Å². The number of aromatic nitrogens is 3. The first-order valence-electron chi connectivity index (χ1n) is 10.3. The first kappa shape index (κ1) is 20.4. The van der Waals surface area contributed by atoms with Crippen LogP contribution in [0.3, 0.4) is 0 Å². The number of hydrogen-bond donors (Lipinski definition) is 0. The molecule has 0 amide bonds. The monoisotopic (exact) mass is 417 g/mol. The van der Waals surface area contributed by atoms with Gasteiger partial charge in [-0.15, -0.1) is 10.2 Å². The fraction of sp³-hybridized carbons (Fsp3) is 0.304. The van der Waals surface area contributed by atoms with Crippen molar-refractivity contribution in [2.24, 2.45) is 4.99 Å². The van der Waals surface area contributed by atoms with Crippen LogP contribution in [-0.4, -0.2) is 40.3 Å². The predicted molar refractivity (Wildman–Crippen MR) is 115 cm³/mol. The maximum Gasteiger partial charge on any atom is 0.239 e. The van der Waals surface area contributed by atoms with E-state index in [-0.39, 0.29) is 12.4 Å². The van der Waals surface area contributed by atoms with E-state index in [9.17, 15) is 5.26 Å². The number of nitrogens with zero attached hydrogens (tertiary/aromatic N) is 5. The highest BCUT2D eigenvalue weighted by atomic mass is 16.5. The Morgan fingerprint density at radius 3 is 2.48 bits per heavy atom. The fourth-order valence-electron chi connectivity index (χ4n) is 3.62. The molecule has 2 heterocycles. The second-order valence-corrected chi connectivity index (χ2v) is 6.69. The molecular weight excluding hydrogens is 394 g/mol. The molecule has 0 fully saturated rings. The standard InChI is InChI=1S/C23H23N5O3/c1-4-29-16-9-7-8-15(10-16)23-22-18(11-17(30-5-2)12-19(22)31-6-3)28-20(13-24)26-27-21(28)14-25-23/h7-12H,4-6,14H2,1-3H3. The van der Waals surface area contributed by atoms with Crippen LogP contribution in [0.15, 0.2) is 41.4 Å². The van der Waals surface area contributed by atoms with Gasteiger partial charge in [0.2, 0.25) is 5.82 Å². The second kappa shape index (κ2) is 8.88. The highest BCUT2D eigenvalue weighted by molar-refractivity contribution is 6.17. The Bertz CT molecular complexity index is 1180. The van der Waals surface area contributed by atoms with Gasteiger partial charge in [0.1, 0.15) is 29.9 Å². The van der Waals surface area contributed by atoms with Crippen LogP contribution >= 0.6 is 0 Å². The average molecular weight is 417 g/mol. The summed E-state index contributed by atoms with van der Waals surface area (Å²) in [7, 11) is 0. The molecule has 1 aliphatic heterocycles. The zero-order valence-corrected chi connectivity index (χ0v) is 17.8. The van der Waals surface area contributed by atoms with Crippen LogP contribution < -0.4 is 14.2 Å². The maximum absolute atomic E-state index is 9.63. The van der Waals surface area contributed by atoms with Crippen molar-refractivity contribution in [1.29, 1.82) is 5.26 Å². The molecular formula is C23H23N5O3. The third-order valence-electron chi connectivity index (χ3n) is 4.77. The summed E-state index contributed by atoms with van der Waals surface area (Å²) in [6, 6.07) is 13.6. The number of rotatable bonds is 7. The van der Waals surface area contributed by atoms with Gasteiger partial charge in [0.25, 0.3) is 0 Å². The van der Waals surface area contributed by atoms with Gasteiger partial charge in [0.15, 0.2) is 5.82 Å². The van der Waals surface area contributed by atoms with Crippen molar-refractivity contribution >= 4 is 5.71 Å². The number of benzene rings is 2. The minimum atomic E-state index is 0.187. The van der Waals surface area contributed by atoms with Crippen molar-refractivity contribution in [3.63, 3.8) is 0 Å². The van der Waals surface area contributed by atoms with Gasteiger partial charge in [-0.2, -0.15) is 5.26 Å². The molecule has 0 unspecified atom stereocenters. The average Bonchev–Trinajstić information content (AvgIpc) is 3.11. The molecule has 1 aromatic heterocycles. The second-order valence-electron chi connectivity index (χ2n) is 6.69. The summed E-state index contributed by atoms with van der Waals surface area (Å²) in [6.07, 6.45) is 0. The van der Waals surface area contributed by atoms with Gasteiger partial charge in [0, 0.05) is 17.7 Å². The van der Waals surface area contributed by atoms with Gasteiger partial charge in [-0.1, -0.05) is 12.1 Å².